The molecular weight excluding hydrogens is 518 g/mol. The summed E-state index contributed by atoms with van der Waals surface area (Å²) in [6.07, 6.45) is 8.21. The van der Waals surface area contributed by atoms with Crippen LogP contribution in [0.2, 0.25) is 0 Å². The molecule has 40 heavy (non-hydrogen) atoms. The fourth-order valence-electron chi connectivity index (χ4n) is 6.59. The lowest BCUT2D eigenvalue weighted by molar-refractivity contribution is -0.128. The van der Waals surface area contributed by atoms with Crippen molar-refractivity contribution in [1.82, 2.24) is 9.80 Å². The predicted octanol–water partition coefficient (Wildman–Crippen LogP) is 5.94. The van der Waals surface area contributed by atoms with E-state index in [0.717, 1.165) is 50.1 Å². The summed E-state index contributed by atoms with van der Waals surface area (Å²) in [5.41, 5.74) is 5.06. The van der Waals surface area contributed by atoms with Crippen LogP contribution in [0, 0.1) is 5.92 Å². The third kappa shape index (κ3) is 5.86. The molecule has 0 aromatic heterocycles. The molecule has 1 unspecified atom stereocenters. The fraction of sp³-hybridized carbons (Fsp3) is 0.353. The lowest BCUT2D eigenvalue weighted by atomic mass is 9.74. The SMILES string of the molecule is Cl.O=C1CC(C(=O)N(CCCN2CCC3(C=Cc4ccccc43)CC2)c2ccccc2)CN1Cc1ccccc1. The molecule has 3 aliphatic rings. The maximum absolute atomic E-state index is 13.8. The first-order chi connectivity index (χ1) is 19.1. The Kier molecular flexibility index (Phi) is 8.72. The van der Waals surface area contributed by atoms with E-state index in [0.29, 0.717) is 19.6 Å². The first-order valence-electron chi connectivity index (χ1n) is 14.3. The average Bonchev–Trinajstić information content (AvgIpc) is 3.53. The van der Waals surface area contributed by atoms with Gasteiger partial charge < -0.3 is 14.7 Å². The lowest BCUT2D eigenvalue weighted by Gasteiger charge is -2.39. The second kappa shape index (κ2) is 12.4. The quantitative estimate of drug-likeness (QED) is 0.345. The van der Waals surface area contributed by atoms with E-state index in [4.69, 9.17) is 0 Å². The molecule has 2 fully saturated rings. The molecule has 0 bridgehead atoms. The summed E-state index contributed by atoms with van der Waals surface area (Å²) in [7, 11) is 0. The Labute approximate surface area is 243 Å². The van der Waals surface area contributed by atoms with Crippen LogP contribution in [-0.2, 0) is 21.5 Å². The smallest absolute Gasteiger partial charge is 0.232 e. The van der Waals surface area contributed by atoms with Crippen molar-refractivity contribution in [2.75, 3.05) is 37.6 Å². The molecule has 0 saturated carbocycles. The highest BCUT2D eigenvalue weighted by Crippen LogP contribution is 2.43. The number of benzene rings is 3. The van der Waals surface area contributed by atoms with Crippen molar-refractivity contribution in [3.05, 3.63) is 108 Å². The van der Waals surface area contributed by atoms with E-state index in [9.17, 15) is 9.59 Å². The average molecular weight is 556 g/mol. The summed E-state index contributed by atoms with van der Waals surface area (Å²) in [6.45, 7) is 4.83. The summed E-state index contributed by atoms with van der Waals surface area (Å²) >= 11 is 0. The van der Waals surface area contributed by atoms with Gasteiger partial charge in [0, 0.05) is 37.2 Å². The Morgan fingerprint density at radius 2 is 1.57 bits per heavy atom. The number of carbonyl (C=O) groups is 2. The second-order valence-corrected chi connectivity index (χ2v) is 11.3. The van der Waals surface area contributed by atoms with E-state index in [1.807, 2.05) is 70.5 Å². The Balaban J connectivity index is 0.00000323. The van der Waals surface area contributed by atoms with Gasteiger partial charge in [0.25, 0.3) is 0 Å². The Morgan fingerprint density at radius 1 is 0.900 bits per heavy atom. The highest BCUT2D eigenvalue weighted by atomic mass is 35.5. The summed E-state index contributed by atoms with van der Waals surface area (Å²) in [5, 5.41) is 0. The molecule has 6 rings (SSSR count). The van der Waals surface area contributed by atoms with Gasteiger partial charge >= 0.3 is 0 Å². The van der Waals surface area contributed by atoms with Crippen LogP contribution in [0.1, 0.15) is 42.4 Å². The van der Waals surface area contributed by atoms with Gasteiger partial charge in [-0.2, -0.15) is 0 Å². The number of carbonyl (C=O) groups excluding carboxylic acids is 2. The van der Waals surface area contributed by atoms with Gasteiger partial charge in [-0.1, -0.05) is 84.9 Å². The number of hydrogen-bond acceptors (Lipinski definition) is 3. The lowest BCUT2D eigenvalue weighted by Crippen LogP contribution is -2.43. The molecule has 2 aliphatic heterocycles. The number of amides is 2. The molecule has 1 spiro atoms. The number of nitrogens with zero attached hydrogens (tertiary/aromatic N) is 3. The highest BCUT2D eigenvalue weighted by Gasteiger charge is 2.39. The summed E-state index contributed by atoms with van der Waals surface area (Å²) in [5.74, 6) is -0.170. The van der Waals surface area contributed by atoms with Gasteiger partial charge in [0.1, 0.15) is 0 Å². The number of rotatable bonds is 8. The Bertz CT molecular complexity index is 1340. The van der Waals surface area contributed by atoms with Crippen LogP contribution in [0.4, 0.5) is 5.69 Å². The largest absolute Gasteiger partial charge is 0.338 e. The maximum Gasteiger partial charge on any atom is 0.232 e. The Morgan fingerprint density at radius 3 is 2.33 bits per heavy atom. The van der Waals surface area contributed by atoms with E-state index in [-0.39, 0.29) is 42.0 Å². The van der Waals surface area contributed by atoms with E-state index >= 15 is 0 Å². The molecular formula is C34H38ClN3O2. The molecule has 3 aromatic rings. The molecule has 208 valence electrons. The van der Waals surface area contributed by atoms with Crippen LogP contribution in [0.15, 0.2) is 91.0 Å². The van der Waals surface area contributed by atoms with Crippen molar-refractivity contribution in [2.45, 2.75) is 37.6 Å². The fourth-order valence-corrected chi connectivity index (χ4v) is 6.59. The molecule has 2 saturated heterocycles. The van der Waals surface area contributed by atoms with Gasteiger partial charge in [-0.05, 0) is 67.7 Å². The summed E-state index contributed by atoms with van der Waals surface area (Å²) in [6, 6.07) is 28.8. The zero-order chi connectivity index (χ0) is 26.7. The monoisotopic (exact) mass is 555 g/mol. The van der Waals surface area contributed by atoms with Crippen molar-refractivity contribution < 1.29 is 9.59 Å². The van der Waals surface area contributed by atoms with Gasteiger partial charge in [-0.15, -0.1) is 12.4 Å². The van der Waals surface area contributed by atoms with Crippen molar-refractivity contribution in [1.29, 1.82) is 0 Å². The Hall–Kier alpha value is -3.41. The zero-order valence-electron chi connectivity index (χ0n) is 23.0. The first kappa shape index (κ1) is 28.1. The van der Waals surface area contributed by atoms with Crippen molar-refractivity contribution in [3.8, 4) is 0 Å². The molecule has 1 atom stereocenters. The van der Waals surface area contributed by atoms with E-state index < -0.39 is 0 Å². The van der Waals surface area contributed by atoms with Crippen molar-refractivity contribution in [2.24, 2.45) is 5.92 Å². The first-order valence-corrected chi connectivity index (χ1v) is 14.3. The van der Waals surface area contributed by atoms with E-state index in [1.54, 1.807) is 0 Å². The van der Waals surface area contributed by atoms with E-state index in [2.05, 4.69) is 41.3 Å². The summed E-state index contributed by atoms with van der Waals surface area (Å²) < 4.78 is 0. The van der Waals surface area contributed by atoms with Crippen LogP contribution in [0.3, 0.4) is 0 Å². The van der Waals surface area contributed by atoms with Crippen LogP contribution >= 0.6 is 12.4 Å². The third-order valence-electron chi connectivity index (χ3n) is 8.80. The number of anilines is 1. The number of para-hydroxylation sites is 1. The number of fused-ring (bicyclic) bond motifs is 2. The second-order valence-electron chi connectivity index (χ2n) is 11.3. The van der Waals surface area contributed by atoms with Gasteiger partial charge in [-0.25, -0.2) is 0 Å². The van der Waals surface area contributed by atoms with Crippen LogP contribution in [0.25, 0.3) is 6.08 Å². The molecule has 5 nitrogen and oxygen atoms in total. The van der Waals surface area contributed by atoms with E-state index in [1.165, 1.54) is 11.1 Å². The van der Waals surface area contributed by atoms with Gasteiger partial charge in [-0.3, -0.25) is 9.59 Å². The molecule has 2 heterocycles. The zero-order valence-corrected chi connectivity index (χ0v) is 23.8. The molecule has 6 heteroatoms. The normalized spacial score (nSPS) is 19.4. The number of piperidine rings is 1. The summed E-state index contributed by atoms with van der Waals surface area (Å²) in [4.78, 5) is 32.9. The number of hydrogen-bond donors (Lipinski definition) is 0. The minimum atomic E-state index is -0.300. The molecule has 0 radical (unpaired) electrons. The van der Waals surface area contributed by atoms with Gasteiger partial charge in [0.2, 0.25) is 11.8 Å². The van der Waals surface area contributed by atoms with Gasteiger partial charge in [0.05, 0.1) is 5.92 Å². The standard InChI is InChI=1S/C34H37N3O2.ClH/c38-32-24-29(26-36(32)25-27-10-3-1-4-11-27)33(39)37(30-13-5-2-6-14-30)21-9-20-35-22-18-34(19-23-35)17-16-28-12-7-8-15-31(28)34;/h1-8,10-17,29H,9,18-26H2;1H. The van der Waals surface area contributed by atoms with Crippen LogP contribution in [-0.4, -0.2) is 54.3 Å². The minimum absolute atomic E-state index is 0. The molecule has 2 amide bonds. The topological polar surface area (TPSA) is 43.9 Å². The third-order valence-corrected chi connectivity index (χ3v) is 8.80. The van der Waals surface area contributed by atoms with Crippen molar-refractivity contribution >= 4 is 36.0 Å². The van der Waals surface area contributed by atoms with Crippen molar-refractivity contribution in [3.63, 3.8) is 0 Å². The maximum atomic E-state index is 13.8. The molecule has 1 aliphatic carbocycles. The minimum Gasteiger partial charge on any atom is -0.338 e. The van der Waals surface area contributed by atoms with Crippen LogP contribution < -0.4 is 4.90 Å². The molecule has 3 aromatic carbocycles. The number of likely N-dealkylation sites (tertiary alicyclic amines) is 2. The predicted molar refractivity (Wildman–Crippen MR) is 163 cm³/mol. The number of halogens is 1. The number of allylic oxidation sites excluding steroid dienone is 1. The highest BCUT2D eigenvalue weighted by molar-refractivity contribution is 5.99. The van der Waals surface area contributed by atoms with Crippen LogP contribution in [0.5, 0.6) is 0 Å². The molecule has 0 N–H and O–H groups in total. The van der Waals surface area contributed by atoms with Gasteiger partial charge in [0.15, 0.2) is 0 Å².